The van der Waals surface area contributed by atoms with Crippen LogP contribution in [0, 0.1) is 6.26 Å². The molecule has 0 N–H and O–H groups in total. The van der Waals surface area contributed by atoms with Crippen LogP contribution >= 0.6 is 0 Å². The summed E-state index contributed by atoms with van der Waals surface area (Å²) in [5, 5.41) is 1.07. The molecule has 3 rings (SSSR count). The highest BCUT2D eigenvalue weighted by Crippen LogP contribution is 2.35. The van der Waals surface area contributed by atoms with Crippen molar-refractivity contribution in [1.29, 1.82) is 0 Å². The smallest absolute Gasteiger partial charge is 0.179 e. The molecule has 0 aliphatic heterocycles. The molecule has 2 aromatic carbocycles. The van der Waals surface area contributed by atoms with Crippen LogP contribution in [0.15, 0.2) is 52.9 Å². The van der Waals surface area contributed by atoms with E-state index in [9.17, 15) is 0 Å². The highest BCUT2D eigenvalue weighted by molar-refractivity contribution is 5.95. The molecule has 107 valence electrons. The maximum Gasteiger partial charge on any atom is 0.179 e. The number of unbranched alkanes of at least 4 members (excludes halogenated alkanes) is 2. The maximum absolute atomic E-state index is 5.95. The number of fused-ring (bicyclic) bond motifs is 1. The van der Waals surface area contributed by atoms with Crippen LogP contribution in [-0.4, -0.2) is 6.61 Å². The van der Waals surface area contributed by atoms with Crippen molar-refractivity contribution in [2.75, 3.05) is 6.61 Å². The van der Waals surface area contributed by atoms with Gasteiger partial charge in [-0.2, -0.15) is 0 Å². The van der Waals surface area contributed by atoms with E-state index >= 15 is 0 Å². The van der Waals surface area contributed by atoms with E-state index in [0.717, 1.165) is 40.9 Å². The SMILES string of the molecule is CCCCCOc1ccccc1-c1[c]oc2ccccc12. The Hall–Kier alpha value is -2.22. The van der Waals surface area contributed by atoms with Crippen LogP contribution in [0.5, 0.6) is 5.75 Å². The van der Waals surface area contributed by atoms with Gasteiger partial charge in [-0.1, -0.05) is 56.2 Å². The summed E-state index contributed by atoms with van der Waals surface area (Å²) in [4.78, 5) is 0. The monoisotopic (exact) mass is 279 g/mol. The second kappa shape index (κ2) is 6.49. The number of ether oxygens (including phenoxy) is 1. The minimum atomic E-state index is 0.751. The van der Waals surface area contributed by atoms with Gasteiger partial charge in [0.25, 0.3) is 0 Å². The minimum Gasteiger partial charge on any atom is -0.493 e. The number of para-hydroxylation sites is 2. The molecule has 0 aliphatic carbocycles. The lowest BCUT2D eigenvalue weighted by Crippen LogP contribution is -1.98. The largest absolute Gasteiger partial charge is 0.493 e. The van der Waals surface area contributed by atoms with Gasteiger partial charge in [-0.25, -0.2) is 0 Å². The summed E-state index contributed by atoms with van der Waals surface area (Å²) in [5.74, 6) is 0.899. The van der Waals surface area contributed by atoms with Crippen LogP contribution in [0.3, 0.4) is 0 Å². The molecule has 0 aliphatic rings. The fraction of sp³-hybridized carbons (Fsp3) is 0.263. The summed E-state index contributed by atoms with van der Waals surface area (Å²) in [6, 6.07) is 16.1. The highest BCUT2D eigenvalue weighted by Gasteiger charge is 2.12. The Kier molecular flexibility index (Phi) is 4.25. The van der Waals surface area contributed by atoms with Crippen LogP contribution in [0.25, 0.3) is 22.1 Å². The molecule has 0 saturated heterocycles. The number of rotatable bonds is 6. The van der Waals surface area contributed by atoms with Gasteiger partial charge in [0.2, 0.25) is 0 Å². The van der Waals surface area contributed by atoms with Gasteiger partial charge in [-0.3, -0.25) is 0 Å². The Morgan fingerprint density at radius 2 is 1.81 bits per heavy atom. The summed E-state index contributed by atoms with van der Waals surface area (Å²) >= 11 is 0. The topological polar surface area (TPSA) is 22.4 Å². The Morgan fingerprint density at radius 3 is 2.71 bits per heavy atom. The third-order valence-corrected chi connectivity index (χ3v) is 3.58. The lowest BCUT2D eigenvalue weighted by Gasteiger charge is -2.10. The van der Waals surface area contributed by atoms with Crippen LogP contribution < -0.4 is 4.74 Å². The molecule has 0 spiro atoms. The first-order valence-electron chi connectivity index (χ1n) is 7.51. The maximum atomic E-state index is 5.95. The van der Waals surface area contributed by atoms with Gasteiger partial charge in [0.05, 0.1) is 6.61 Å². The van der Waals surface area contributed by atoms with Gasteiger partial charge in [-0.15, -0.1) is 0 Å². The van der Waals surface area contributed by atoms with Crippen LogP contribution in [0.4, 0.5) is 0 Å². The fourth-order valence-electron chi connectivity index (χ4n) is 2.46. The van der Waals surface area contributed by atoms with Crippen molar-refractivity contribution in [1.82, 2.24) is 0 Å². The molecule has 2 heteroatoms. The predicted molar refractivity (Wildman–Crippen MR) is 85.5 cm³/mol. The highest BCUT2D eigenvalue weighted by atomic mass is 16.5. The Labute approximate surface area is 125 Å². The Balaban J connectivity index is 1.91. The lowest BCUT2D eigenvalue weighted by molar-refractivity contribution is 0.307. The summed E-state index contributed by atoms with van der Waals surface area (Å²) in [6.45, 7) is 2.95. The normalized spacial score (nSPS) is 10.9. The minimum absolute atomic E-state index is 0.751. The quantitative estimate of drug-likeness (QED) is 0.558. The summed E-state index contributed by atoms with van der Waals surface area (Å²) < 4.78 is 11.5. The van der Waals surface area contributed by atoms with E-state index in [4.69, 9.17) is 9.15 Å². The molecule has 0 fully saturated rings. The molecule has 3 aromatic rings. The van der Waals surface area contributed by atoms with Crippen LogP contribution in [0.2, 0.25) is 0 Å². The van der Waals surface area contributed by atoms with Crippen molar-refractivity contribution >= 4 is 11.0 Å². The van der Waals surface area contributed by atoms with Gasteiger partial charge in [0, 0.05) is 16.5 Å². The second-order valence-electron chi connectivity index (χ2n) is 5.13. The van der Waals surface area contributed by atoms with Gasteiger partial charge in [0.15, 0.2) is 6.26 Å². The van der Waals surface area contributed by atoms with E-state index in [1.165, 1.54) is 12.8 Å². The molecule has 0 saturated carbocycles. The molecular weight excluding hydrogens is 260 g/mol. The van der Waals surface area contributed by atoms with Gasteiger partial charge < -0.3 is 9.15 Å². The second-order valence-corrected chi connectivity index (χ2v) is 5.13. The van der Waals surface area contributed by atoms with Gasteiger partial charge in [-0.05, 0) is 18.6 Å². The van der Waals surface area contributed by atoms with Gasteiger partial charge in [0.1, 0.15) is 11.3 Å². The van der Waals surface area contributed by atoms with E-state index in [2.05, 4.69) is 25.3 Å². The van der Waals surface area contributed by atoms with E-state index < -0.39 is 0 Å². The average Bonchev–Trinajstić information content (AvgIpc) is 2.96. The molecule has 21 heavy (non-hydrogen) atoms. The molecule has 0 atom stereocenters. The molecule has 0 amide bonds. The third-order valence-electron chi connectivity index (χ3n) is 3.58. The fourth-order valence-corrected chi connectivity index (χ4v) is 2.46. The zero-order chi connectivity index (χ0) is 14.5. The predicted octanol–water partition coefficient (Wildman–Crippen LogP) is 5.47. The molecule has 1 aromatic heterocycles. The van der Waals surface area contributed by atoms with Crippen molar-refractivity contribution in [3.8, 4) is 16.9 Å². The standard InChI is InChI=1S/C19H19O2/c1-2-3-8-13-20-18-11-6-4-9-15(18)17-14-21-19-12-7-5-10-16(17)19/h4-7,9-12H,2-3,8,13H2,1H3. The summed E-state index contributed by atoms with van der Waals surface area (Å²) in [6.07, 6.45) is 6.50. The van der Waals surface area contributed by atoms with Gasteiger partial charge >= 0.3 is 0 Å². The van der Waals surface area contributed by atoms with Crippen molar-refractivity contribution in [2.45, 2.75) is 26.2 Å². The Morgan fingerprint density at radius 1 is 1.00 bits per heavy atom. The van der Waals surface area contributed by atoms with Crippen molar-refractivity contribution in [2.24, 2.45) is 0 Å². The summed E-state index contributed by atoms with van der Waals surface area (Å²) in [7, 11) is 0. The van der Waals surface area contributed by atoms with Crippen LogP contribution in [0.1, 0.15) is 26.2 Å². The molecule has 0 bridgehead atoms. The molecule has 1 radical (unpaired) electrons. The zero-order valence-electron chi connectivity index (χ0n) is 12.3. The summed E-state index contributed by atoms with van der Waals surface area (Å²) in [5.41, 5.74) is 2.86. The Bertz CT molecular complexity index is 712. The molecule has 0 unspecified atom stereocenters. The first-order chi connectivity index (χ1) is 10.4. The number of hydrogen-bond acceptors (Lipinski definition) is 2. The van der Waals surface area contributed by atoms with Crippen molar-refractivity contribution in [3.05, 3.63) is 54.8 Å². The number of benzene rings is 2. The van der Waals surface area contributed by atoms with E-state index in [1.54, 1.807) is 0 Å². The molecule has 1 heterocycles. The lowest BCUT2D eigenvalue weighted by atomic mass is 10.0. The average molecular weight is 279 g/mol. The third kappa shape index (κ3) is 2.94. The molecule has 2 nitrogen and oxygen atoms in total. The molecular formula is C19H19O2. The number of furan rings is 1. The van der Waals surface area contributed by atoms with E-state index in [0.29, 0.717) is 0 Å². The first-order valence-corrected chi connectivity index (χ1v) is 7.51. The number of hydrogen-bond donors (Lipinski definition) is 0. The zero-order valence-corrected chi connectivity index (χ0v) is 12.3. The van der Waals surface area contributed by atoms with Crippen molar-refractivity contribution in [3.63, 3.8) is 0 Å². The van der Waals surface area contributed by atoms with E-state index in [-0.39, 0.29) is 0 Å². The van der Waals surface area contributed by atoms with Crippen molar-refractivity contribution < 1.29 is 9.15 Å². The first kappa shape index (κ1) is 13.7. The van der Waals surface area contributed by atoms with Crippen LogP contribution in [-0.2, 0) is 0 Å². The van der Waals surface area contributed by atoms with E-state index in [1.807, 2.05) is 36.4 Å².